The summed E-state index contributed by atoms with van der Waals surface area (Å²) in [6.07, 6.45) is 40.7. The topological polar surface area (TPSA) is 150 Å². The summed E-state index contributed by atoms with van der Waals surface area (Å²) >= 11 is 0. The lowest BCUT2D eigenvalue weighted by Crippen LogP contribution is -2.20. The van der Waals surface area contributed by atoms with Crippen molar-refractivity contribution in [3.05, 3.63) is 0 Å². The predicted molar refractivity (Wildman–Crippen MR) is 205 cm³/mol. The van der Waals surface area contributed by atoms with Crippen LogP contribution in [-0.4, -0.2) is 41.9 Å². The molecule has 5 atom stereocenters. The van der Waals surface area contributed by atoms with Gasteiger partial charge in [0.1, 0.15) is 0 Å². The smallest absolute Gasteiger partial charge is 0.0552 e. The Morgan fingerprint density at radius 1 is 0.326 bits per heavy atom. The van der Waals surface area contributed by atoms with E-state index in [9.17, 15) is 5.11 Å². The minimum Gasteiger partial charge on any atom is -0.393 e. The highest BCUT2D eigenvalue weighted by Gasteiger charge is 2.07. The van der Waals surface area contributed by atoms with Gasteiger partial charge in [-0.3, -0.25) is 0 Å². The van der Waals surface area contributed by atoms with E-state index in [1.54, 1.807) is 0 Å². The third-order valence-electron chi connectivity index (χ3n) is 10.2. The predicted octanol–water partition coefficient (Wildman–Crippen LogP) is 9.51. The van der Waals surface area contributed by atoms with Gasteiger partial charge in [0.2, 0.25) is 0 Å². The standard InChI is InChI=1S/C40H87N5O/c1-2-3-16-25-36(42)26-17-8-4-9-18-27-37(43)28-19-10-5-11-20-29-38(44)30-21-12-6-13-22-31-39(45)32-23-14-7-15-24-33-40(46)34-35-41/h36-40,46H,2-35,41-45H2,1H3. The maximum absolute atomic E-state index is 9.72. The Bertz CT molecular complexity index is 580. The Morgan fingerprint density at radius 2 is 0.543 bits per heavy atom. The van der Waals surface area contributed by atoms with E-state index in [-0.39, 0.29) is 6.10 Å². The van der Waals surface area contributed by atoms with Crippen LogP contribution in [0, 0.1) is 0 Å². The highest BCUT2D eigenvalue weighted by Crippen LogP contribution is 2.17. The van der Waals surface area contributed by atoms with Gasteiger partial charge in [-0.2, -0.15) is 0 Å². The maximum Gasteiger partial charge on any atom is 0.0552 e. The largest absolute Gasteiger partial charge is 0.393 e. The number of hydrogen-bond acceptors (Lipinski definition) is 6. The lowest BCUT2D eigenvalue weighted by Gasteiger charge is -2.13. The van der Waals surface area contributed by atoms with Gasteiger partial charge in [-0.15, -0.1) is 0 Å². The monoisotopic (exact) mass is 654 g/mol. The number of aliphatic hydroxyl groups excluding tert-OH is 1. The summed E-state index contributed by atoms with van der Waals surface area (Å²) < 4.78 is 0. The molecule has 6 nitrogen and oxygen atoms in total. The molecule has 0 aromatic heterocycles. The minimum atomic E-state index is -0.202. The van der Waals surface area contributed by atoms with E-state index in [0.717, 1.165) is 25.7 Å². The molecule has 0 heterocycles. The van der Waals surface area contributed by atoms with Crippen molar-refractivity contribution in [3.63, 3.8) is 0 Å². The third-order valence-corrected chi connectivity index (χ3v) is 10.2. The molecule has 0 radical (unpaired) electrons. The molecule has 278 valence electrons. The molecule has 0 saturated heterocycles. The SMILES string of the molecule is CCCCCC(N)CCCCCCCC(N)CCCCCCCC(N)CCCCCCCC(N)CCCCCCCC(O)CCN. The average Bonchev–Trinajstić information content (AvgIpc) is 3.03. The fourth-order valence-corrected chi connectivity index (χ4v) is 6.92. The fourth-order valence-electron chi connectivity index (χ4n) is 6.92. The summed E-state index contributed by atoms with van der Waals surface area (Å²) in [6, 6.07) is 1.59. The summed E-state index contributed by atoms with van der Waals surface area (Å²) in [5, 5.41) is 9.72. The Morgan fingerprint density at radius 3 is 0.783 bits per heavy atom. The third kappa shape index (κ3) is 35.1. The van der Waals surface area contributed by atoms with E-state index in [2.05, 4.69) is 6.92 Å². The van der Waals surface area contributed by atoms with Crippen molar-refractivity contribution in [1.82, 2.24) is 0 Å². The molecule has 0 aliphatic carbocycles. The zero-order chi connectivity index (χ0) is 33.9. The number of nitrogens with two attached hydrogens (primary N) is 5. The van der Waals surface area contributed by atoms with Crippen molar-refractivity contribution in [1.29, 1.82) is 0 Å². The van der Waals surface area contributed by atoms with Gasteiger partial charge >= 0.3 is 0 Å². The molecule has 0 aromatic carbocycles. The van der Waals surface area contributed by atoms with Crippen molar-refractivity contribution in [2.45, 2.75) is 249 Å². The van der Waals surface area contributed by atoms with Gasteiger partial charge in [-0.1, -0.05) is 155 Å². The molecule has 0 aliphatic rings. The van der Waals surface area contributed by atoms with Crippen LogP contribution in [-0.2, 0) is 0 Å². The molecule has 0 rings (SSSR count). The summed E-state index contributed by atoms with van der Waals surface area (Å²) in [7, 11) is 0. The maximum atomic E-state index is 9.72. The number of hydrogen-bond donors (Lipinski definition) is 6. The van der Waals surface area contributed by atoms with Crippen molar-refractivity contribution in [2.75, 3.05) is 6.54 Å². The Hall–Kier alpha value is -0.240. The van der Waals surface area contributed by atoms with Gasteiger partial charge in [0.05, 0.1) is 6.10 Å². The van der Waals surface area contributed by atoms with Gasteiger partial charge < -0.3 is 33.8 Å². The fraction of sp³-hybridized carbons (Fsp3) is 1.00. The minimum absolute atomic E-state index is 0.202. The van der Waals surface area contributed by atoms with Crippen LogP contribution in [0.5, 0.6) is 0 Å². The lowest BCUT2D eigenvalue weighted by atomic mass is 9.98. The van der Waals surface area contributed by atoms with Crippen LogP contribution < -0.4 is 28.7 Å². The number of unbranched alkanes of at least 4 members (excludes halogenated alkanes) is 18. The van der Waals surface area contributed by atoms with E-state index in [1.807, 2.05) is 0 Å². The molecule has 0 fully saturated rings. The highest BCUT2D eigenvalue weighted by molar-refractivity contribution is 4.66. The quantitative estimate of drug-likeness (QED) is 0.0365. The molecule has 0 aliphatic heterocycles. The molecule has 0 spiro atoms. The van der Waals surface area contributed by atoms with E-state index < -0.39 is 0 Å². The molecule has 6 heteroatoms. The normalized spacial score (nSPS) is 15.2. The first-order chi connectivity index (χ1) is 22.4. The molecule has 11 N–H and O–H groups in total. The van der Waals surface area contributed by atoms with Gasteiger partial charge in [0, 0.05) is 24.2 Å². The molecule has 0 amide bonds. The van der Waals surface area contributed by atoms with E-state index in [4.69, 9.17) is 28.7 Å². The summed E-state index contributed by atoms with van der Waals surface area (Å²) in [6.45, 7) is 2.84. The first kappa shape index (κ1) is 45.8. The zero-order valence-corrected chi connectivity index (χ0v) is 31.3. The van der Waals surface area contributed by atoms with Crippen molar-refractivity contribution >= 4 is 0 Å². The van der Waals surface area contributed by atoms with E-state index in [1.165, 1.54) is 186 Å². The van der Waals surface area contributed by atoms with Crippen LogP contribution in [0.2, 0.25) is 0 Å². The Kier molecular flexibility index (Phi) is 35.9. The van der Waals surface area contributed by atoms with Crippen LogP contribution in [0.25, 0.3) is 0 Å². The highest BCUT2D eigenvalue weighted by atomic mass is 16.3. The second kappa shape index (κ2) is 36.1. The Labute approximate surface area is 288 Å². The number of rotatable bonds is 38. The summed E-state index contributed by atoms with van der Waals surface area (Å²) in [5.74, 6) is 0. The van der Waals surface area contributed by atoms with Crippen LogP contribution in [0.1, 0.15) is 219 Å². The number of aliphatic hydroxyl groups is 1. The molecule has 0 aromatic rings. The van der Waals surface area contributed by atoms with Crippen LogP contribution in [0.3, 0.4) is 0 Å². The first-order valence-corrected chi connectivity index (χ1v) is 20.8. The molecule has 5 unspecified atom stereocenters. The van der Waals surface area contributed by atoms with E-state index >= 15 is 0 Å². The second-order valence-corrected chi connectivity index (χ2v) is 15.1. The average molecular weight is 654 g/mol. The van der Waals surface area contributed by atoms with Crippen LogP contribution in [0.15, 0.2) is 0 Å². The molecule has 46 heavy (non-hydrogen) atoms. The molecule has 0 bridgehead atoms. The zero-order valence-electron chi connectivity index (χ0n) is 31.3. The van der Waals surface area contributed by atoms with Gasteiger partial charge in [0.25, 0.3) is 0 Å². The van der Waals surface area contributed by atoms with Crippen LogP contribution in [0.4, 0.5) is 0 Å². The summed E-state index contributed by atoms with van der Waals surface area (Å²) in [4.78, 5) is 0. The summed E-state index contributed by atoms with van der Waals surface area (Å²) in [5.41, 5.74) is 30.9. The molecule has 0 saturated carbocycles. The van der Waals surface area contributed by atoms with Crippen LogP contribution >= 0.6 is 0 Å². The first-order valence-electron chi connectivity index (χ1n) is 20.8. The van der Waals surface area contributed by atoms with Gasteiger partial charge in [-0.25, -0.2) is 0 Å². The van der Waals surface area contributed by atoms with E-state index in [0.29, 0.717) is 30.7 Å². The van der Waals surface area contributed by atoms with Crippen molar-refractivity contribution < 1.29 is 5.11 Å². The van der Waals surface area contributed by atoms with Gasteiger partial charge in [0.15, 0.2) is 0 Å². The Balaban J connectivity index is 3.37. The van der Waals surface area contributed by atoms with Crippen molar-refractivity contribution in [2.24, 2.45) is 28.7 Å². The lowest BCUT2D eigenvalue weighted by molar-refractivity contribution is 0.153. The molecular weight excluding hydrogens is 566 g/mol. The van der Waals surface area contributed by atoms with Crippen molar-refractivity contribution in [3.8, 4) is 0 Å². The molecular formula is C40H87N5O. The van der Waals surface area contributed by atoms with Gasteiger partial charge in [-0.05, 0) is 70.8 Å². The second-order valence-electron chi connectivity index (χ2n) is 15.1.